The quantitative estimate of drug-likeness (QED) is 0.785. The van der Waals surface area contributed by atoms with Crippen molar-refractivity contribution >= 4 is 21.9 Å². The Morgan fingerprint density at radius 3 is 2.89 bits per heavy atom. The van der Waals surface area contributed by atoms with E-state index in [0.717, 1.165) is 0 Å². The van der Waals surface area contributed by atoms with Gasteiger partial charge in [0.25, 0.3) is 0 Å². The summed E-state index contributed by atoms with van der Waals surface area (Å²) < 4.78 is 30.6. The second-order valence-corrected chi connectivity index (χ2v) is 6.25. The van der Waals surface area contributed by atoms with Crippen LogP contribution in [0.15, 0.2) is 12.3 Å². The highest BCUT2D eigenvalue weighted by atomic mass is 32.2. The van der Waals surface area contributed by atoms with Gasteiger partial charge < -0.3 is 4.74 Å². The molecule has 0 radical (unpaired) electrons. The summed E-state index contributed by atoms with van der Waals surface area (Å²) in [6.07, 6.45) is 3.60. The van der Waals surface area contributed by atoms with E-state index in [0.29, 0.717) is 19.3 Å². The number of hydrogen-bond acceptors (Lipinski definition) is 6. The van der Waals surface area contributed by atoms with Crippen molar-refractivity contribution in [3.8, 4) is 5.88 Å². The highest BCUT2D eigenvalue weighted by Gasteiger charge is 2.36. The molecule has 2 rings (SSSR count). The molecule has 1 aliphatic carbocycles. The molecule has 1 aromatic rings. The van der Waals surface area contributed by atoms with Crippen molar-refractivity contribution < 1.29 is 17.9 Å². The monoisotopic (exact) mass is 285 g/mol. The van der Waals surface area contributed by atoms with Gasteiger partial charge in [0.1, 0.15) is 0 Å². The Balaban J connectivity index is 2.04. The summed E-state index contributed by atoms with van der Waals surface area (Å²) in [5.41, 5.74) is 0. The van der Waals surface area contributed by atoms with E-state index >= 15 is 0 Å². The largest absolute Gasteiger partial charge is 0.407 e. The molecule has 1 saturated carbocycles. The van der Waals surface area contributed by atoms with Crippen LogP contribution in [-0.4, -0.2) is 29.6 Å². The normalized spacial score (nSPS) is 15.0. The highest BCUT2D eigenvalue weighted by molar-refractivity contribution is 7.93. The van der Waals surface area contributed by atoms with Gasteiger partial charge in [0.05, 0.1) is 5.25 Å². The van der Waals surface area contributed by atoms with E-state index < -0.39 is 16.0 Å². The Morgan fingerprint density at radius 2 is 2.26 bits per heavy atom. The Kier molecular flexibility index (Phi) is 3.98. The molecular formula is C11H15N3O4S. The molecule has 104 valence electrons. The molecule has 0 aromatic carbocycles. The van der Waals surface area contributed by atoms with Crippen molar-refractivity contribution in [3.05, 3.63) is 12.3 Å². The molecule has 7 nitrogen and oxygen atoms in total. The van der Waals surface area contributed by atoms with Crippen molar-refractivity contribution in [3.63, 3.8) is 0 Å². The van der Waals surface area contributed by atoms with Crippen molar-refractivity contribution in [2.75, 3.05) is 4.72 Å². The van der Waals surface area contributed by atoms with Gasteiger partial charge in [0.15, 0.2) is 0 Å². The van der Waals surface area contributed by atoms with Gasteiger partial charge in [0, 0.05) is 18.7 Å². The number of sulfonamides is 1. The third kappa shape index (κ3) is 3.88. The summed E-state index contributed by atoms with van der Waals surface area (Å²) in [6.45, 7) is 1.86. The number of ether oxygens (including phenoxy) is 1. The minimum absolute atomic E-state index is 0.0435. The van der Waals surface area contributed by atoms with E-state index in [1.165, 1.54) is 12.3 Å². The van der Waals surface area contributed by atoms with Crippen LogP contribution in [0.2, 0.25) is 0 Å². The number of hydrogen-bond donors (Lipinski definition) is 1. The number of carbonyl (C=O) groups is 1. The molecule has 0 amide bonds. The number of anilines is 1. The average Bonchev–Trinajstić information content (AvgIpc) is 3.12. The Morgan fingerprint density at radius 1 is 1.53 bits per heavy atom. The summed E-state index contributed by atoms with van der Waals surface area (Å²) in [7, 11) is -3.41. The number of nitrogens with one attached hydrogen (secondary N) is 1. The van der Waals surface area contributed by atoms with Crippen LogP contribution >= 0.6 is 0 Å². The minimum Gasteiger partial charge on any atom is -0.407 e. The minimum atomic E-state index is -3.41. The lowest BCUT2D eigenvalue weighted by molar-refractivity contribution is -0.134. The van der Waals surface area contributed by atoms with Crippen molar-refractivity contribution in [1.82, 2.24) is 9.97 Å². The van der Waals surface area contributed by atoms with Gasteiger partial charge in [-0.05, 0) is 19.3 Å². The summed E-state index contributed by atoms with van der Waals surface area (Å²) in [6, 6.07) is 1.41. The Bertz CT molecular complexity index is 569. The van der Waals surface area contributed by atoms with Crippen LogP contribution < -0.4 is 9.46 Å². The summed E-state index contributed by atoms with van der Waals surface area (Å²) >= 11 is 0. The molecule has 0 unspecified atom stereocenters. The van der Waals surface area contributed by atoms with Crippen molar-refractivity contribution in [1.29, 1.82) is 0 Å². The predicted octanol–water partition coefficient (Wildman–Crippen LogP) is 1.09. The maximum Gasteiger partial charge on any atom is 0.312 e. The zero-order valence-electron chi connectivity index (χ0n) is 10.5. The SMILES string of the molecule is CCCC(=O)Oc1ccnc(NS(=O)(=O)C2CC2)n1. The van der Waals surface area contributed by atoms with Gasteiger partial charge in [-0.25, -0.2) is 13.4 Å². The summed E-state index contributed by atoms with van der Waals surface area (Å²) in [4.78, 5) is 18.9. The van der Waals surface area contributed by atoms with E-state index in [1.807, 2.05) is 6.92 Å². The molecule has 1 fully saturated rings. The second-order valence-electron chi connectivity index (χ2n) is 4.29. The summed E-state index contributed by atoms with van der Waals surface area (Å²) in [5, 5.41) is -0.359. The molecule has 8 heteroatoms. The van der Waals surface area contributed by atoms with Crippen LogP contribution in [0, 0.1) is 0 Å². The molecular weight excluding hydrogens is 270 g/mol. The lowest BCUT2D eigenvalue weighted by Crippen LogP contribution is -2.19. The molecule has 0 saturated heterocycles. The lowest BCUT2D eigenvalue weighted by Gasteiger charge is -2.06. The zero-order valence-corrected chi connectivity index (χ0v) is 11.3. The zero-order chi connectivity index (χ0) is 13.9. The highest BCUT2D eigenvalue weighted by Crippen LogP contribution is 2.29. The van der Waals surface area contributed by atoms with Crippen LogP contribution in [-0.2, 0) is 14.8 Å². The van der Waals surface area contributed by atoms with Crippen molar-refractivity contribution in [2.24, 2.45) is 0 Å². The number of aromatic nitrogens is 2. The fourth-order valence-corrected chi connectivity index (χ4v) is 2.69. The van der Waals surface area contributed by atoms with E-state index in [9.17, 15) is 13.2 Å². The smallest absolute Gasteiger partial charge is 0.312 e. The fourth-order valence-electron chi connectivity index (χ4n) is 1.41. The van der Waals surface area contributed by atoms with E-state index in [-0.39, 0.29) is 23.5 Å². The van der Waals surface area contributed by atoms with Crippen LogP contribution in [0.3, 0.4) is 0 Å². The molecule has 1 aromatic heterocycles. The molecule has 1 aliphatic rings. The molecule has 0 aliphatic heterocycles. The van der Waals surface area contributed by atoms with E-state index in [2.05, 4.69) is 14.7 Å². The summed E-state index contributed by atoms with van der Waals surface area (Å²) in [5.74, 6) is -0.437. The predicted molar refractivity (Wildman–Crippen MR) is 68.1 cm³/mol. The first-order valence-corrected chi connectivity index (χ1v) is 7.61. The van der Waals surface area contributed by atoms with E-state index in [1.54, 1.807) is 0 Å². The first-order valence-electron chi connectivity index (χ1n) is 6.06. The Hall–Kier alpha value is -1.70. The van der Waals surface area contributed by atoms with Gasteiger partial charge in [-0.15, -0.1) is 0 Å². The number of nitrogens with zero attached hydrogens (tertiary/aromatic N) is 2. The maximum absolute atomic E-state index is 11.7. The Labute approximate surface area is 111 Å². The van der Waals surface area contributed by atoms with Crippen LogP contribution in [0.1, 0.15) is 32.6 Å². The lowest BCUT2D eigenvalue weighted by atomic mass is 10.3. The first kappa shape index (κ1) is 13.7. The number of esters is 1. The molecule has 0 atom stereocenters. The topological polar surface area (TPSA) is 98.2 Å². The third-order valence-electron chi connectivity index (χ3n) is 2.50. The molecule has 1 N–H and O–H groups in total. The fraction of sp³-hybridized carbons (Fsp3) is 0.545. The third-order valence-corrected chi connectivity index (χ3v) is 4.32. The van der Waals surface area contributed by atoms with Crippen LogP contribution in [0.5, 0.6) is 5.88 Å². The van der Waals surface area contributed by atoms with Gasteiger partial charge >= 0.3 is 5.97 Å². The number of carbonyl (C=O) groups excluding carboxylic acids is 1. The second kappa shape index (κ2) is 5.52. The van der Waals surface area contributed by atoms with Crippen LogP contribution in [0.25, 0.3) is 0 Å². The molecule has 0 spiro atoms. The molecule has 0 bridgehead atoms. The van der Waals surface area contributed by atoms with Crippen molar-refractivity contribution in [2.45, 2.75) is 37.9 Å². The molecule has 19 heavy (non-hydrogen) atoms. The van der Waals surface area contributed by atoms with Crippen LogP contribution in [0.4, 0.5) is 5.95 Å². The average molecular weight is 285 g/mol. The maximum atomic E-state index is 11.7. The van der Waals surface area contributed by atoms with E-state index in [4.69, 9.17) is 4.74 Å². The van der Waals surface area contributed by atoms with Gasteiger partial charge in [-0.2, -0.15) is 4.98 Å². The standard InChI is InChI=1S/C11H15N3O4S/c1-2-3-10(15)18-9-6-7-12-11(13-9)14-19(16,17)8-4-5-8/h6-8H,2-5H2,1H3,(H,12,13,14). The number of rotatable bonds is 6. The van der Waals surface area contributed by atoms with Gasteiger partial charge in [-0.1, -0.05) is 6.92 Å². The van der Waals surface area contributed by atoms with Gasteiger partial charge in [-0.3, -0.25) is 9.52 Å². The molecule has 1 heterocycles. The van der Waals surface area contributed by atoms with Gasteiger partial charge in [0.2, 0.25) is 21.9 Å². The first-order chi connectivity index (χ1) is 9.01.